The van der Waals surface area contributed by atoms with E-state index in [0.717, 1.165) is 19.5 Å². The van der Waals surface area contributed by atoms with Crippen LogP contribution >= 0.6 is 11.6 Å². The molecule has 1 heterocycles. The van der Waals surface area contributed by atoms with Crippen molar-refractivity contribution in [3.63, 3.8) is 0 Å². The predicted octanol–water partition coefficient (Wildman–Crippen LogP) is 1.34. The molecule has 2 rings (SSSR count). The quantitative estimate of drug-likeness (QED) is 0.649. The van der Waals surface area contributed by atoms with Crippen molar-refractivity contribution in [2.75, 3.05) is 26.2 Å². The van der Waals surface area contributed by atoms with Crippen molar-refractivity contribution >= 4 is 23.3 Å². The number of carbonyl (C=O) groups is 2. The Morgan fingerprint density at radius 1 is 1.11 bits per heavy atom. The Morgan fingerprint density at radius 3 is 2.56 bits per heavy atom. The number of nitrogens with zero attached hydrogens (tertiary/aromatic N) is 1. The van der Waals surface area contributed by atoms with Crippen LogP contribution in [0, 0.1) is 0 Å². The molecule has 1 fully saturated rings. The Morgan fingerprint density at radius 2 is 1.83 bits per heavy atom. The van der Waals surface area contributed by atoms with Gasteiger partial charge in [0.2, 0.25) is 5.78 Å². The summed E-state index contributed by atoms with van der Waals surface area (Å²) >= 11 is 5.75. The average molecular weight is 267 g/mol. The van der Waals surface area contributed by atoms with Crippen molar-refractivity contribution in [3.8, 4) is 0 Å². The summed E-state index contributed by atoms with van der Waals surface area (Å²) in [6.07, 6.45) is 0.875. The van der Waals surface area contributed by atoms with Crippen LogP contribution in [-0.2, 0) is 4.79 Å². The Kier molecular flexibility index (Phi) is 4.33. The normalized spacial score (nSPS) is 16.2. The lowest BCUT2D eigenvalue weighted by Gasteiger charge is -2.18. The fourth-order valence-corrected chi connectivity index (χ4v) is 2.04. The molecule has 96 valence electrons. The molecule has 1 aromatic rings. The molecule has 1 aliphatic rings. The number of Topliss-reactive ketones (excluding diaryl/α,β-unsaturated/α-hetero) is 1. The number of nitrogens with one attached hydrogen (secondary N) is 1. The molecule has 1 aromatic carbocycles. The van der Waals surface area contributed by atoms with E-state index in [4.69, 9.17) is 11.6 Å². The summed E-state index contributed by atoms with van der Waals surface area (Å²) in [6.45, 7) is 2.84. The van der Waals surface area contributed by atoms with E-state index < -0.39 is 11.7 Å². The number of benzene rings is 1. The average Bonchev–Trinajstić information content (AvgIpc) is 2.67. The number of hydrogen-bond acceptors (Lipinski definition) is 3. The van der Waals surface area contributed by atoms with E-state index >= 15 is 0 Å². The molecule has 5 heteroatoms. The summed E-state index contributed by atoms with van der Waals surface area (Å²) in [4.78, 5) is 25.7. The summed E-state index contributed by atoms with van der Waals surface area (Å²) in [5.74, 6) is -0.894. The summed E-state index contributed by atoms with van der Waals surface area (Å²) in [6, 6.07) is 6.40. The minimum absolute atomic E-state index is 0.390. The van der Waals surface area contributed by atoms with E-state index in [1.807, 2.05) is 0 Å². The molecule has 0 aliphatic carbocycles. The predicted molar refractivity (Wildman–Crippen MR) is 69.8 cm³/mol. The summed E-state index contributed by atoms with van der Waals surface area (Å²) < 4.78 is 0. The van der Waals surface area contributed by atoms with Crippen molar-refractivity contribution in [1.29, 1.82) is 0 Å². The monoisotopic (exact) mass is 266 g/mol. The number of rotatable bonds is 2. The van der Waals surface area contributed by atoms with Gasteiger partial charge in [-0.1, -0.05) is 11.6 Å². The van der Waals surface area contributed by atoms with E-state index in [1.165, 1.54) is 0 Å². The molecular weight excluding hydrogens is 252 g/mol. The zero-order valence-electron chi connectivity index (χ0n) is 9.99. The number of carbonyl (C=O) groups excluding carboxylic acids is 2. The molecule has 0 spiro atoms. The maximum absolute atomic E-state index is 12.1. The second kappa shape index (κ2) is 5.98. The SMILES string of the molecule is O=C(C(=O)N1CCCNCC1)c1ccc(Cl)cc1. The van der Waals surface area contributed by atoms with Crippen LogP contribution in [0.1, 0.15) is 16.8 Å². The third-order valence-corrected chi connectivity index (χ3v) is 3.18. The standard InChI is InChI=1S/C13H15ClN2O2/c14-11-4-2-10(3-5-11)12(17)13(18)16-8-1-6-15-7-9-16/h2-5,15H,1,6-9H2. The van der Waals surface area contributed by atoms with Crippen LogP contribution in [0.3, 0.4) is 0 Å². The Bertz CT molecular complexity index is 437. The molecule has 0 radical (unpaired) electrons. The first-order valence-corrected chi connectivity index (χ1v) is 6.36. The lowest BCUT2D eigenvalue weighted by Crippen LogP contribution is -2.38. The lowest BCUT2D eigenvalue weighted by atomic mass is 10.1. The topological polar surface area (TPSA) is 49.4 Å². The molecule has 1 N–H and O–H groups in total. The fraction of sp³-hybridized carbons (Fsp3) is 0.385. The number of hydrogen-bond donors (Lipinski definition) is 1. The minimum Gasteiger partial charge on any atom is -0.334 e. The van der Waals surface area contributed by atoms with Gasteiger partial charge in [-0.25, -0.2) is 0 Å². The zero-order chi connectivity index (χ0) is 13.0. The van der Waals surface area contributed by atoms with Crippen molar-refractivity contribution in [1.82, 2.24) is 10.2 Å². The first-order chi connectivity index (χ1) is 8.68. The number of ketones is 1. The van der Waals surface area contributed by atoms with Crippen molar-refractivity contribution in [2.24, 2.45) is 0 Å². The molecule has 4 nitrogen and oxygen atoms in total. The van der Waals surface area contributed by atoms with Crippen LogP contribution in [0.4, 0.5) is 0 Å². The van der Waals surface area contributed by atoms with Crippen LogP contribution in [0.25, 0.3) is 0 Å². The van der Waals surface area contributed by atoms with Gasteiger partial charge in [0, 0.05) is 30.2 Å². The molecule has 1 amide bonds. The van der Waals surface area contributed by atoms with Crippen molar-refractivity contribution in [3.05, 3.63) is 34.9 Å². The Hall–Kier alpha value is -1.39. The van der Waals surface area contributed by atoms with Crippen LogP contribution < -0.4 is 5.32 Å². The van der Waals surface area contributed by atoms with Gasteiger partial charge in [0.1, 0.15) is 0 Å². The highest BCUT2D eigenvalue weighted by Crippen LogP contribution is 2.11. The van der Waals surface area contributed by atoms with E-state index in [1.54, 1.807) is 29.2 Å². The van der Waals surface area contributed by atoms with E-state index in [2.05, 4.69) is 5.32 Å². The molecule has 18 heavy (non-hydrogen) atoms. The zero-order valence-corrected chi connectivity index (χ0v) is 10.7. The van der Waals surface area contributed by atoms with Gasteiger partial charge in [-0.15, -0.1) is 0 Å². The molecule has 0 atom stereocenters. The second-order valence-electron chi connectivity index (χ2n) is 4.23. The number of amides is 1. The molecule has 0 saturated carbocycles. The van der Waals surface area contributed by atoms with Crippen LogP contribution in [0.2, 0.25) is 5.02 Å². The third kappa shape index (κ3) is 3.09. The maximum Gasteiger partial charge on any atom is 0.295 e. The second-order valence-corrected chi connectivity index (χ2v) is 4.67. The highest BCUT2D eigenvalue weighted by atomic mass is 35.5. The highest BCUT2D eigenvalue weighted by molar-refractivity contribution is 6.42. The molecule has 0 bridgehead atoms. The van der Waals surface area contributed by atoms with Gasteiger partial charge in [-0.3, -0.25) is 9.59 Å². The Balaban J connectivity index is 2.07. The molecular formula is C13H15ClN2O2. The number of halogens is 1. The van der Waals surface area contributed by atoms with E-state index in [0.29, 0.717) is 23.7 Å². The van der Waals surface area contributed by atoms with Crippen molar-refractivity contribution in [2.45, 2.75) is 6.42 Å². The van der Waals surface area contributed by atoms with Crippen molar-refractivity contribution < 1.29 is 9.59 Å². The van der Waals surface area contributed by atoms with Crippen LogP contribution in [-0.4, -0.2) is 42.8 Å². The third-order valence-electron chi connectivity index (χ3n) is 2.93. The molecule has 0 unspecified atom stereocenters. The van der Waals surface area contributed by atoms with Gasteiger partial charge in [0.15, 0.2) is 0 Å². The van der Waals surface area contributed by atoms with Gasteiger partial charge < -0.3 is 10.2 Å². The van der Waals surface area contributed by atoms with Gasteiger partial charge in [-0.2, -0.15) is 0 Å². The van der Waals surface area contributed by atoms with Gasteiger partial charge in [-0.05, 0) is 37.2 Å². The largest absolute Gasteiger partial charge is 0.334 e. The first kappa shape index (κ1) is 13.1. The molecule has 1 aliphatic heterocycles. The molecule has 0 aromatic heterocycles. The maximum atomic E-state index is 12.1. The van der Waals surface area contributed by atoms with Gasteiger partial charge >= 0.3 is 0 Å². The first-order valence-electron chi connectivity index (χ1n) is 5.98. The van der Waals surface area contributed by atoms with Crippen LogP contribution in [0.15, 0.2) is 24.3 Å². The van der Waals surface area contributed by atoms with Gasteiger partial charge in [0.05, 0.1) is 0 Å². The fourth-order valence-electron chi connectivity index (χ4n) is 1.92. The Labute approximate surface area is 111 Å². The summed E-state index contributed by atoms with van der Waals surface area (Å²) in [5, 5.41) is 3.75. The van der Waals surface area contributed by atoms with Gasteiger partial charge in [0.25, 0.3) is 5.91 Å². The minimum atomic E-state index is -0.464. The summed E-state index contributed by atoms with van der Waals surface area (Å²) in [5.41, 5.74) is 0.390. The summed E-state index contributed by atoms with van der Waals surface area (Å²) in [7, 11) is 0. The smallest absolute Gasteiger partial charge is 0.295 e. The van der Waals surface area contributed by atoms with E-state index in [9.17, 15) is 9.59 Å². The van der Waals surface area contributed by atoms with E-state index in [-0.39, 0.29) is 0 Å². The highest BCUT2D eigenvalue weighted by Gasteiger charge is 2.23. The lowest BCUT2D eigenvalue weighted by molar-refractivity contribution is -0.126. The van der Waals surface area contributed by atoms with Crippen LogP contribution in [0.5, 0.6) is 0 Å². The molecule has 1 saturated heterocycles.